The molecule has 1 aromatic carbocycles. The van der Waals surface area contributed by atoms with Gasteiger partial charge in [0.25, 0.3) is 0 Å². The van der Waals surface area contributed by atoms with Gasteiger partial charge in [-0.3, -0.25) is 4.98 Å². The van der Waals surface area contributed by atoms with E-state index in [4.69, 9.17) is 5.26 Å². The number of aromatic nitrogens is 1. The van der Waals surface area contributed by atoms with Gasteiger partial charge in [-0.05, 0) is 24.6 Å². The molecule has 0 radical (unpaired) electrons. The summed E-state index contributed by atoms with van der Waals surface area (Å²) in [6.45, 7) is 2.01. The molecule has 3 nitrogen and oxygen atoms in total. The zero-order valence-electron chi connectivity index (χ0n) is 9.00. The van der Waals surface area contributed by atoms with Crippen LogP contribution in [0.4, 0.5) is 5.69 Å². The van der Waals surface area contributed by atoms with E-state index in [0.29, 0.717) is 5.56 Å². The van der Waals surface area contributed by atoms with E-state index in [9.17, 15) is 0 Å². The number of rotatable bonds is 1. The first-order valence-corrected chi connectivity index (χ1v) is 5.63. The van der Waals surface area contributed by atoms with Gasteiger partial charge in [0, 0.05) is 23.1 Å². The number of halogens is 1. The lowest BCUT2D eigenvalue weighted by atomic mass is 10.1. The van der Waals surface area contributed by atoms with Crippen molar-refractivity contribution in [1.29, 1.82) is 5.26 Å². The lowest BCUT2D eigenvalue weighted by Crippen LogP contribution is -1.96. The summed E-state index contributed by atoms with van der Waals surface area (Å²) in [7, 11) is 1.81. The van der Waals surface area contributed by atoms with Crippen LogP contribution in [-0.2, 0) is 0 Å². The van der Waals surface area contributed by atoms with Crippen molar-refractivity contribution in [3.05, 3.63) is 33.9 Å². The quantitative estimate of drug-likeness (QED) is 0.870. The number of fused-ring (bicyclic) bond motifs is 1. The number of hydrogen-bond donors (Lipinski definition) is 1. The topological polar surface area (TPSA) is 48.7 Å². The minimum absolute atomic E-state index is 0.563. The Morgan fingerprint density at radius 1 is 1.44 bits per heavy atom. The molecule has 0 fully saturated rings. The molecule has 0 bridgehead atoms. The lowest BCUT2D eigenvalue weighted by Gasteiger charge is -2.09. The number of nitrogens with zero attached hydrogens (tertiary/aromatic N) is 2. The molecule has 0 atom stereocenters. The molecule has 0 aliphatic carbocycles. The van der Waals surface area contributed by atoms with E-state index in [1.165, 1.54) is 0 Å². The number of anilines is 1. The molecule has 0 spiro atoms. The molecular weight excluding hydrogens is 266 g/mol. The van der Waals surface area contributed by atoms with Crippen LogP contribution in [0.5, 0.6) is 0 Å². The van der Waals surface area contributed by atoms with Crippen LogP contribution in [0.3, 0.4) is 0 Å². The highest BCUT2D eigenvalue weighted by Crippen LogP contribution is 2.30. The number of hydrogen-bond acceptors (Lipinski definition) is 3. The summed E-state index contributed by atoms with van der Waals surface area (Å²) in [5.74, 6) is 0. The van der Waals surface area contributed by atoms with Crippen LogP contribution in [0.15, 0.2) is 22.8 Å². The molecular formula is C12H10BrN3. The minimum Gasteiger partial charge on any atom is -0.386 e. The predicted molar refractivity (Wildman–Crippen MR) is 68.4 cm³/mol. The molecule has 1 N–H and O–H groups in total. The summed E-state index contributed by atoms with van der Waals surface area (Å²) in [4.78, 5) is 4.32. The highest BCUT2D eigenvalue weighted by atomic mass is 79.9. The Balaban J connectivity index is 2.93. The normalized spacial score (nSPS) is 10.1. The first-order valence-electron chi connectivity index (χ1n) is 4.84. The van der Waals surface area contributed by atoms with Gasteiger partial charge in [0.15, 0.2) is 0 Å². The molecule has 0 aliphatic heterocycles. The predicted octanol–water partition coefficient (Wildman–Crippen LogP) is 3.22. The van der Waals surface area contributed by atoms with Crippen LogP contribution in [-0.4, -0.2) is 12.0 Å². The van der Waals surface area contributed by atoms with Gasteiger partial charge in [0.2, 0.25) is 0 Å². The van der Waals surface area contributed by atoms with Gasteiger partial charge >= 0.3 is 0 Å². The number of benzene rings is 1. The Morgan fingerprint density at radius 3 is 2.81 bits per heavy atom. The highest BCUT2D eigenvalue weighted by molar-refractivity contribution is 9.10. The number of aryl methyl sites for hydroxylation is 1. The van der Waals surface area contributed by atoms with Crippen LogP contribution >= 0.6 is 15.9 Å². The van der Waals surface area contributed by atoms with Gasteiger partial charge in [-0.2, -0.15) is 5.26 Å². The van der Waals surface area contributed by atoms with Crippen LogP contribution in [0.1, 0.15) is 11.1 Å². The Morgan fingerprint density at radius 2 is 2.19 bits per heavy atom. The molecule has 1 aromatic heterocycles. The largest absolute Gasteiger partial charge is 0.386 e. The van der Waals surface area contributed by atoms with Gasteiger partial charge < -0.3 is 5.32 Å². The zero-order valence-corrected chi connectivity index (χ0v) is 10.6. The summed E-state index contributed by atoms with van der Waals surface area (Å²) >= 11 is 3.45. The summed E-state index contributed by atoms with van der Waals surface area (Å²) in [6.07, 6.45) is 1.61. The molecule has 1 heterocycles. The average molecular weight is 276 g/mol. The van der Waals surface area contributed by atoms with E-state index in [2.05, 4.69) is 32.3 Å². The molecule has 0 saturated carbocycles. The van der Waals surface area contributed by atoms with E-state index in [0.717, 1.165) is 26.6 Å². The molecule has 2 rings (SSSR count). The van der Waals surface area contributed by atoms with Crippen LogP contribution in [0, 0.1) is 18.3 Å². The van der Waals surface area contributed by atoms with Crippen molar-refractivity contribution in [2.45, 2.75) is 6.92 Å². The van der Waals surface area contributed by atoms with Gasteiger partial charge in [-0.15, -0.1) is 0 Å². The SMILES string of the molecule is CNc1c(C#N)cnc2c(C)cc(Br)cc12. The second-order valence-electron chi connectivity index (χ2n) is 3.53. The summed E-state index contributed by atoms with van der Waals surface area (Å²) in [6, 6.07) is 6.13. The van der Waals surface area contributed by atoms with Crippen LogP contribution < -0.4 is 5.32 Å². The minimum atomic E-state index is 0.563. The van der Waals surface area contributed by atoms with Gasteiger partial charge in [0.05, 0.1) is 16.8 Å². The van der Waals surface area contributed by atoms with E-state index in [1.807, 2.05) is 26.1 Å². The van der Waals surface area contributed by atoms with Crippen molar-refractivity contribution in [3.8, 4) is 6.07 Å². The van der Waals surface area contributed by atoms with Crippen molar-refractivity contribution in [2.24, 2.45) is 0 Å². The van der Waals surface area contributed by atoms with Crippen molar-refractivity contribution < 1.29 is 0 Å². The molecule has 0 aliphatic rings. The first kappa shape index (κ1) is 10.9. The van der Waals surface area contributed by atoms with Gasteiger partial charge in [0.1, 0.15) is 6.07 Å². The fraction of sp³-hybridized carbons (Fsp3) is 0.167. The van der Waals surface area contributed by atoms with E-state index < -0.39 is 0 Å². The van der Waals surface area contributed by atoms with E-state index in [1.54, 1.807) is 6.20 Å². The highest BCUT2D eigenvalue weighted by Gasteiger charge is 2.09. The number of pyridine rings is 1. The molecule has 0 saturated heterocycles. The van der Waals surface area contributed by atoms with E-state index in [-0.39, 0.29) is 0 Å². The number of nitrogens with one attached hydrogen (secondary N) is 1. The second-order valence-corrected chi connectivity index (χ2v) is 4.44. The molecule has 16 heavy (non-hydrogen) atoms. The van der Waals surface area contributed by atoms with Gasteiger partial charge in [-0.25, -0.2) is 0 Å². The Bertz CT molecular complexity index is 599. The Labute approximate surface area is 102 Å². The van der Waals surface area contributed by atoms with Crippen LogP contribution in [0.25, 0.3) is 10.9 Å². The smallest absolute Gasteiger partial charge is 0.103 e. The summed E-state index contributed by atoms with van der Waals surface area (Å²) in [5.41, 5.74) is 3.40. The molecule has 0 amide bonds. The first-order chi connectivity index (χ1) is 7.67. The maximum absolute atomic E-state index is 9.01. The summed E-state index contributed by atoms with van der Waals surface area (Å²) in [5, 5.41) is 13.0. The standard InChI is InChI=1S/C12H10BrN3/c1-7-3-9(13)4-10-11(7)16-6-8(5-14)12(10)15-2/h3-4,6H,1-2H3,(H,15,16). The Hall–Kier alpha value is -1.60. The monoisotopic (exact) mass is 275 g/mol. The maximum atomic E-state index is 9.01. The number of nitriles is 1. The fourth-order valence-corrected chi connectivity index (χ4v) is 2.36. The third kappa shape index (κ3) is 1.63. The fourth-order valence-electron chi connectivity index (χ4n) is 1.79. The molecule has 0 unspecified atom stereocenters. The molecule has 4 heteroatoms. The van der Waals surface area contributed by atoms with Gasteiger partial charge in [-0.1, -0.05) is 15.9 Å². The van der Waals surface area contributed by atoms with Crippen molar-refractivity contribution in [2.75, 3.05) is 12.4 Å². The van der Waals surface area contributed by atoms with Crippen LogP contribution in [0.2, 0.25) is 0 Å². The third-order valence-corrected chi connectivity index (χ3v) is 2.95. The van der Waals surface area contributed by atoms with Crippen molar-refractivity contribution >= 4 is 32.5 Å². The Kier molecular flexibility index (Phi) is 2.80. The van der Waals surface area contributed by atoms with Crippen molar-refractivity contribution in [1.82, 2.24) is 4.98 Å². The molecule has 2 aromatic rings. The lowest BCUT2D eigenvalue weighted by molar-refractivity contribution is 1.32. The maximum Gasteiger partial charge on any atom is 0.103 e. The second kappa shape index (κ2) is 4.11. The third-order valence-electron chi connectivity index (χ3n) is 2.50. The van der Waals surface area contributed by atoms with E-state index >= 15 is 0 Å². The average Bonchev–Trinajstić information content (AvgIpc) is 2.27. The molecule has 80 valence electrons. The zero-order chi connectivity index (χ0) is 11.7. The summed E-state index contributed by atoms with van der Waals surface area (Å²) < 4.78 is 0.992. The van der Waals surface area contributed by atoms with Crippen molar-refractivity contribution in [3.63, 3.8) is 0 Å².